The second-order valence-electron chi connectivity index (χ2n) is 12.2. The maximum absolute atomic E-state index is 13.4. The van der Waals surface area contributed by atoms with Crippen molar-refractivity contribution in [2.75, 3.05) is 59.7 Å². The Morgan fingerprint density at radius 2 is 1.73 bits per heavy atom. The van der Waals surface area contributed by atoms with Gasteiger partial charge in [-0.2, -0.15) is 0 Å². The maximum Gasteiger partial charge on any atom is 0.167 e. The number of aromatic hydroxyl groups is 1. The minimum Gasteiger partial charge on any atom is -0.507 e. The Hall–Kier alpha value is -3.19. The van der Waals surface area contributed by atoms with Crippen molar-refractivity contribution < 1.29 is 47.9 Å². The third-order valence-corrected chi connectivity index (χ3v) is 9.14. The van der Waals surface area contributed by atoms with Crippen molar-refractivity contribution >= 4 is 17.3 Å². The Morgan fingerprint density at radius 3 is 2.36 bits per heavy atom. The fourth-order valence-corrected chi connectivity index (χ4v) is 6.91. The van der Waals surface area contributed by atoms with Gasteiger partial charge in [-0.05, 0) is 72.9 Å². The van der Waals surface area contributed by atoms with Gasteiger partial charge >= 0.3 is 0 Å². The van der Waals surface area contributed by atoms with Gasteiger partial charge < -0.3 is 30.6 Å². The van der Waals surface area contributed by atoms with Crippen LogP contribution in [0.2, 0.25) is 0 Å². The first-order valence-corrected chi connectivity index (χ1v) is 15.5. The zero-order chi connectivity index (χ0) is 31.8. The number of carbonyl (C=O) groups is 3. The Bertz CT molecular complexity index is 1330. The van der Waals surface area contributed by atoms with Gasteiger partial charge in [-0.25, -0.2) is 0 Å². The molecule has 0 spiro atoms. The average Bonchev–Trinajstić information content (AvgIpc) is 2.98. The Morgan fingerprint density at radius 1 is 1.02 bits per heavy atom. The van der Waals surface area contributed by atoms with Crippen LogP contribution in [0.15, 0.2) is 30.3 Å². The van der Waals surface area contributed by atoms with Crippen LogP contribution in [0.1, 0.15) is 56.9 Å². The lowest BCUT2D eigenvalue weighted by molar-refractivity contribution is -0.131. The standard InChI is InChI=1S/C34H46N2O8.H2O.2H2/c1-22(40)15-31(42)29(21-39)25(7-13-37)16-23-17-28-27(4-5-30(41)34(28)32(43)18-23)24-3-6-33(44-2)26(19-24)20-36-10-8-35(9-11-36)12-14-38;;;/h3-6,19,23,25,29,37-39,41H,7-18,20-21H2,1-2H3;1H2;2*1H. The number of nitrogens with zero attached hydrogens (tertiary/aromatic N) is 2. The summed E-state index contributed by atoms with van der Waals surface area (Å²) in [6, 6.07) is 9.36. The number of hydrogen-bond acceptors (Lipinski definition) is 10. The van der Waals surface area contributed by atoms with Crippen molar-refractivity contribution in [2.45, 2.75) is 45.6 Å². The number of β-amino-alcohol motifs (C(OH)–C–C–N with tert-alkyl or cyclic N) is 1. The highest BCUT2D eigenvalue weighted by Gasteiger charge is 2.35. The van der Waals surface area contributed by atoms with Gasteiger partial charge in [-0.15, -0.1) is 0 Å². The molecular formula is C34H52N2O9. The average molecular weight is 633 g/mol. The van der Waals surface area contributed by atoms with Gasteiger partial charge in [0.05, 0.1) is 32.3 Å². The molecule has 1 fully saturated rings. The van der Waals surface area contributed by atoms with E-state index in [0.29, 0.717) is 31.5 Å². The number of aliphatic hydroxyl groups is 3. The highest BCUT2D eigenvalue weighted by Crippen LogP contribution is 2.42. The molecule has 3 atom stereocenters. The first-order valence-electron chi connectivity index (χ1n) is 15.5. The van der Waals surface area contributed by atoms with Crippen molar-refractivity contribution in [3.8, 4) is 22.6 Å². The molecule has 252 valence electrons. The summed E-state index contributed by atoms with van der Waals surface area (Å²) in [7, 11) is 1.65. The summed E-state index contributed by atoms with van der Waals surface area (Å²) in [5.74, 6) is -1.43. The highest BCUT2D eigenvalue weighted by molar-refractivity contribution is 6.03. The molecule has 2 aromatic carbocycles. The third kappa shape index (κ3) is 8.96. The number of hydrogen-bond donors (Lipinski definition) is 4. The predicted molar refractivity (Wildman–Crippen MR) is 174 cm³/mol. The van der Waals surface area contributed by atoms with Gasteiger partial charge in [-0.3, -0.25) is 24.2 Å². The molecule has 1 aliphatic heterocycles. The van der Waals surface area contributed by atoms with E-state index >= 15 is 0 Å². The van der Waals surface area contributed by atoms with Gasteiger partial charge in [-0.1, -0.05) is 12.1 Å². The van der Waals surface area contributed by atoms with Crippen LogP contribution < -0.4 is 4.74 Å². The second kappa shape index (κ2) is 16.9. The molecule has 0 amide bonds. The topological polar surface area (TPSA) is 179 Å². The molecule has 1 aliphatic carbocycles. The Balaban J connectivity index is 0.00000368. The van der Waals surface area contributed by atoms with Crippen LogP contribution in [0.25, 0.3) is 11.1 Å². The lowest BCUT2D eigenvalue weighted by Crippen LogP contribution is -2.46. The number of methoxy groups -OCH3 is 1. The normalized spacial score (nSPS) is 18.5. The van der Waals surface area contributed by atoms with Gasteiger partial charge in [0, 0.05) is 66.6 Å². The number of piperazine rings is 1. The van der Waals surface area contributed by atoms with Gasteiger partial charge in [0.25, 0.3) is 0 Å². The fourth-order valence-electron chi connectivity index (χ4n) is 6.91. The van der Waals surface area contributed by atoms with E-state index in [1.165, 1.54) is 6.92 Å². The largest absolute Gasteiger partial charge is 0.507 e. The Kier molecular flexibility index (Phi) is 13.6. The molecule has 0 saturated carbocycles. The number of aliphatic hydroxyl groups excluding tert-OH is 3. The smallest absolute Gasteiger partial charge is 0.167 e. The molecule has 1 saturated heterocycles. The minimum atomic E-state index is -0.791. The molecule has 0 aromatic heterocycles. The summed E-state index contributed by atoms with van der Waals surface area (Å²) in [5, 5.41) is 39.8. The summed E-state index contributed by atoms with van der Waals surface area (Å²) in [6.45, 7) is 5.75. The Labute approximate surface area is 267 Å². The van der Waals surface area contributed by atoms with E-state index in [-0.39, 0.29) is 75.7 Å². The molecule has 6 N–H and O–H groups in total. The number of carbonyl (C=O) groups excluding carboxylic acids is 3. The summed E-state index contributed by atoms with van der Waals surface area (Å²) in [4.78, 5) is 42.4. The first-order chi connectivity index (χ1) is 21.2. The monoisotopic (exact) mass is 632 g/mol. The van der Waals surface area contributed by atoms with Crippen molar-refractivity contribution in [1.29, 1.82) is 0 Å². The molecular weight excluding hydrogens is 580 g/mol. The van der Waals surface area contributed by atoms with E-state index in [4.69, 9.17) is 4.74 Å². The predicted octanol–water partition coefficient (Wildman–Crippen LogP) is 2.14. The summed E-state index contributed by atoms with van der Waals surface area (Å²) >= 11 is 0. The van der Waals surface area contributed by atoms with E-state index in [1.54, 1.807) is 13.2 Å². The van der Waals surface area contributed by atoms with Crippen molar-refractivity contribution in [3.05, 3.63) is 47.0 Å². The molecule has 11 heteroatoms. The molecule has 3 unspecified atom stereocenters. The molecule has 11 nitrogen and oxygen atoms in total. The number of ether oxygens (including phenoxy) is 1. The molecule has 0 radical (unpaired) electrons. The lowest BCUT2D eigenvalue weighted by Gasteiger charge is -2.34. The van der Waals surface area contributed by atoms with Crippen LogP contribution in [0, 0.1) is 17.8 Å². The summed E-state index contributed by atoms with van der Waals surface area (Å²) in [5.41, 5.74) is 3.83. The zero-order valence-corrected chi connectivity index (χ0v) is 26.3. The van der Waals surface area contributed by atoms with Gasteiger partial charge in [0.2, 0.25) is 0 Å². The van der Waals surface area contributed by atoms with Crippen molar-refractivity contribution in [3.63, 3.8) is 0 Å². The SMILES string of the molecule is COc1ccc(-c2ccc(O)c3c2CC(CC(CCO)C(CO)C(=O)CC(C)=O)CC3=O)cc1CN1CCN(CCO)CC1.O.[HH].[HH]. The fraction of sp³-hybridized carbons (Fsp3) is 0.559. The third-order valence-electron chi connectivity index (χ3n) is 9.14. The van der Waals surface area contributed by atoms with Gasteiger partial charge in [0.15, 0.2) is 5.78 Å². The number of ketones is 3. The second-order valence-corrected chi connectivity index (χ2v) is 12.2. The minimum absolute atomic E-state index is 0. The molecule has 0 bridgehead atoms. The van der Waals surface area contributed by atoms with Crippen molar-refractivity contribution in [1.82, 2.24) is 9.80 Å². The highest BCUT2D eigenvalue weighted by atomic mass is 16.5. The zero-order valence-electron chi connectivity index (χ0n) is 26.3. The summed E-state index contributed by atoms with van der Waals surface area (Å²) < 4.78 is 5.69. The number of benzene rings is 2. The number of rotatable bonds is 15. The molecule has 1 heterocycles. The van der Waals surface area contributed by atoms with E-state index in [9.17, 15) is 34.8 Å². The van der Waals surface area contributed by atoms with Crippen LogP contribution in [-0.2, 0) is 22.6 Å². The summed E-state index contributed by atoms with van der Waals surface area (Å²) in [6.07, 6.45) is 1.10. The van der Waals surface area contributed by atoms with E-state index < -0.39 is 12.5 Å². The van der Waals surface area contributed by atoms with Crippen molar-refractivity contribution in [2.24, 2.45) is 17.8 Å². The van der Waals surface area contributed by atoms with Crippen LogP contribution in [0.3, 0.4) is 0 Å². The van der Waals surface area contributed by atoms with Crippen LogP contribution in [0.5, 0.6) is 11.5 Å². The number of Topliss-reactive ketones (excluding diaryl/α,β-unsaturated/α-hetero) is 3. The quantitative estimate of drug-likeness (QED) is 0.213. The van der Waals surface area contributed by atoms with E-state index in [1.807, 2.05) is 18.2 Å². The molecule has 2 aliphatic rings. The molecule has 45 heavy (non-hydrogen) atoms. The maximum atomic E-state index is 13.4. The number of phenolic OH excluding ortho intramolecular Hbond substituents is 1. The molecule has 4 rings (SSSR count). The molecule has 2 aromatic rings. The van der Waals surface area contributed by atoms with Gasteiger partial charge in [0.1, 0.15) is 23.1 Å². The number of fused-ring (bicyclic) bond motifs is 1. The van der Waals surface area contributed by atoms with Crippen LogP contribution >= 0.6 is 0 Å². The van der Waals surface area contributed by atoms with E-state index in [0.717, 1.165) is 54.2 Å². The lowest BCUT2D eigenvalue weighted by atomic mass is 9.72. The first kappa shape index (κ1) is 36.3. The number of phenols is 1. The van der Waals surface area contributed by atoms with Crippen LogP contribution in [0.4, 0.5) is 0 Å². The van der Waals surface area contributed by atoms with Crippen LogP contribution in [-0.4, -0.2) is 113 Å². The van der Waals surface area contributed by atoms with E-state index in [2.05, 4.69) is 15.9 Å².